The topological polar surface area (TPSA) is 63.5 Å². The van der Waals surface area contributed by atoms with Crippen LogP contribution < -0.4 is 10.8 Å². The van der Waals surface area contributed by atoms with E-state index in [0.29, 0.717) is 31.0 Å². The summed E-state index contributed by atoms with van der Waals surface area (Å²) in [6.07, 6.45) is 8.69. The van der Waals surface area contributed by atoms with Gasteiger partial charge in [0.15, 0.2) is 0 Å². The molecule has 0 saturated heterocycles. The monoisotopic (exact) mass is 365 g/mol. The number of nitrogens with one attached hydrogen (secondary N) is 1. The van der Waals surface area contributed by atoms with Crippen LogP contribution >= 0.6 is 0 Å². The highest BCUT2D eigenvalue weighted by Crippen LogP contribution is 2.19. The van der Waals surface area contributed by atoms with Gasteiger partial charge in [-0.1, -0.05) is 43.5 Å². The fourth-order valence-electron chi connectivity index (χ4n) is 3.40. The standard InChI is InChI=1S/C22H27N3O2/c26-21(15-9-16-23-22(27)18-10-3-1-4-11-18)25-17-8-7-14-20(25)24-19-12-5-2-6-13-19/h1,3-4,7-8,10-11,14,17,19H,2,5-6,9,12-13,15-16H2,(H,23,27). The van der Waals surface area contributed by atoms with Crippen LogP contribution in [0.15, 0.2) is 59.7 Å². The maximum atomic E-state index is 12.6. The molecule has 3 rings (SSSR count). The highest BCUT2D eigenvalue weighted by molar-refractivity contribution is 5.94. The Hall–Kier alpha value is -2.69. The van der Waals surface area contributed by atoms with Crippen LogP contribution in [0.3, 0.4) is 0 Å². The smallest absolute Gasteiger partial charge is 0.251 e. The molecule has 1 aliphatic rings. The predicted molar refractivity (Wildman–Crippen MR) is 106 cm³/mol. The molecular formula is C22H27N3O2. The van der Waals surface area contributed by atoms with E-state index in [0.717, 1.165) is 18.3 Å². The second-order valence-corrected chi connectivity index (χ2v) is 6.97. The van der Waals surface area contributed by atoms with Crippen LogP contribution in [0.1, 0.15) is 60.1 Å². The van der Waals surface area contributed by atoms with Crippen molar-refractivity contribution in [3.63, 3.8) is 0 Å². The molecule has 27 heavy (non-hydrogen) atoms. The Kier molecular flexibility index (Phi) is 6.97. The SMILES string of the molecule is O=C(NCCCC(=O)n1ccccc1=NC1CCCCC1)c1ccccc1. The van der Waals surface area contributed by atoms with Gasteiger partial charge in [0.05, 0.1) is 6.04 Å². The molecule has 0 unspecified atom stereocenters. The number of carbonyl (C=O) groups excluding carboxylic acids is 2. The van der Waals surface area contributed by atoms with Gasteiger partial charge in [0.25, 0.3) is 5.91 Å². The van der Waals surface area contributed by atoms with Gasteiger partial charge in [-0.2, -0.15) is 0 Å². The van der Waals surface area contributed by atoms with Gasteiger partial charge >= 0.3 is 0 Å². The molecule has 1 aromatic carbocycles. The number of rotatable bonds is 6. The maximum Gasteiger partial charge on any atom is 0.251 e. The fourth-order valence-corrected chi connectivity index (χ4v) is 3.40. The molecule has 0 bridgehead atoms. The third kappa shape index (κ3) is 5.64. The summed E-state index contributed by atoms with van der Waals surface area (Å²) in [6.45, 7) is 0.474. The molecule has 1 saturated carbocycles. The maximum absolute atomic E-state index is 12.6. The van der Waals surface area contributed by atoms with Crippen molar-refractivity contribution in [2.24, 2.45) is 4.99 Å². The number of carbonyl (C=O) groups is 2. The minimum absolute atomic E-state index is 0.0131. The Morgan fingerprint density at radius 1 is 1.00 bits per heavy atom. The first kappa shape index (κ1) is 19.1. The van der Waals surface area contributed by atoms with Crippen LogP contribution in [-0.2, 0) is 0 Å². The first-order chi connectivity index (χ1) is 13.2. The van der Waals surface area contributed by atoms with E-state index in [4.69, 9.17) is 4.99 Å². The summed E-state index contributed by atoms with van der Waals surface area (Å²) >= 11 is 0. The van der Waals surface area contributed by atoms with Gasteiger partial charge in [0.1, 0.15) is 5.49 Å². The molecular weight excluding hydrogens is 338 g/mol. The largest absolute Gasteiger partial charge is 0.352 e. The summed E-state index contributed by atoms with van der Waals surface area (Å²) < 4.78 is 1.65. The van der Waals surface area contributed by atoms with E-state index >= 15 is 0 Å². The van der Waals surface area contributed by atoms with Gasteiger partial charge in [0.2, 0.25) is 5.91 Å². The third-order valence-corrected chi connectivity index (χ3v) is 4.89. The number of hydrogen-bond acceptors (Lipinski definition) is 3. The van der Waals surface area contributed by atoms with Gasteiger partial charge in [-0.25, -0.2) is 0 Å². The van der Waals surface area contributed by atoms with E-state index in [1.54, 1.807) is 22.9 Å². The molecule has 1 fully saturated rings. The summed E-state index contributed by atoms with van der Waals surface area (Å²) in [7, 11) is 0. The second kappa shape index (κ2) is 9.86. The van der Waals surface area contributed by atoms with Gasteiger partial charge in [-0.15, -0.1) is 0 Å². The van der Waals surface area contributed by atoms with Crippen molar-refractivity contribution in [2.75, 3.05) is 6.54 Å². The Bertz CT molecular complexity index is 821. The molecule has 0 spiro atoms. The van der Waals surface area contributed by atoms with E-state index in [2.05, 4.69) is 5.32 Å². The minimum atomic E-state index is -0.108. The van der Waals surface area contributed by atoms with Gasteiger partial charge in [0, 0.05) is 24.7 Å². The summed E-state index contributed by atoms with van der Waals surface area (Å²) in [5.41, 5.74) is 1.37. The first-order valence-corrected chi connectivity index (χ1v) is 9.82. The number of nitrogens with zero attached hydrogens (tertiary/aromatic N) is 2. The predicted octanol–water partition coefficient (Wildman–Crippen LogP) is 3.57. The number of aromatic nitrogens is 1. The highest BCUT2D eigenvalue weighted by atomic mass is 16.2. The molecule has 5 nitrogen and oxygen atoms in total. The molecule has 0 atom stereocenters. The minimum Gasteiger partial charge on any atom is -0.352 e. The van der Waals surface area contributed by atoms with Crippen LogP contribution in [0.25, 0.3) is 0 Å². The lowest BCUT2D eigenvalue weighted by Gasteiger charge is -2.17. The lowest BCUT2D eigenvalue weighted by Crippen LogP contribution is -2.30. The zero-order valence-corrected chi connectivity index (χ0v) is 15.6. The number of pyridine rings is 1. The number of benzene rings is 1. The summed E-state index contributed by atoms with van der Waals surface area (Å²) in [4.78, 5) is 29.4. The Balaban J connectivity index is 1.54. The third-order valence-electron chi connectivity index (χ3n) is 4.89. The van der Waals surface area contributed by atoms with Crippen molar-refractivity contribution in [1.29, 1.82) is 0 Å². The summed E-state index contributed by atoms with van der Waals surface area (Å²) in [5, 5.41) is 2.86. The summed E-state index contributed by atoms with van der Waals surface area (Å²) in [5.74, 6) is -0.0949. The van der Waals surface area contributed by atoms with Gasteiger partial charge in [-0.3, -0.25) is 19.1 Å². The van der Waals surface area contributed by atoms with Crippen LogP contribution in [0, 0.1) is 0 Å². The Labute approximate surface area is 160 Å². The molecule has 142 valence electrons. The van der Waals surface area contributed by atoms with Crippen molar-refractivity contribution >= 4 is 11.8 Å². The Morgan fingerprint density at radius 3 is 2.52 bits per heavy atom. The molecule has 1 amide bonds. The average Bonchev–Trinajstić information content (AvgIpc) is 2.72. The molecule has 1 aliphatic carbocycles. The Morgan fingerprint density at radius 2 is 1.74 bits per heavy atom. The van der Waals surface area contributed by atoms with Crippen LogP contribution in [0.4, 0.5) is 0 Å². The van der Waals surface area contributed by atoms with E-state index in [-0.39, 0.29) is 11.8 Å². The van der Waals surface area contributed by atoms with Crippen molar-refractivity contribution in [1.82, 2.24) is 9.88 Å². The zero-order chi connectivity index (χ0) is 18.9. The van der Waals surface area contributed by atoms with Crippen molar-refractivity contribution in [3.8, 4) is 0 Å². The quantitative estimate of drug-likeness (QED) is 0.796. The summed E-state index contributed by atoms with van der Waals surface area (Å²) in [6, 6.07) is 15.1. The van der Waals surface area contributed by atoms with Crippen molar-refractivity contribution in [2.45, 2.75) is 51.0 Å². The molecule has 1 aromatic heterocycles. The number of hydrogen-bond donors (Lipinski definition) is 1. The van der Waals surface area contributed by atoms with E-state index in [1.807, 2.05) is 36.4 Å². The molecule has 1 N–H and O–H groups in total. The van der Waals surface area contributed by atoms with Crippen LogP contribution in [0.5, 0.6) is 0 Å². The zero-order valence-electron chi connectivity index (χ0n) is 15.6. The van der Waals surface area contributed by atoms with Gasteiger partial charge < -0.3 is 5.32 Å². The average molecular weight is 365 g/mol. The molecule has 2 aromatic rings. The second-order valence-electron chi connectivity index (χ2n) is 6.97. The van der Waals surface area contributed by atoms with Crippen LogP contribution in [-0.4, -0.2) is 29.0 Å². The van der Waals surface area contributed by atoms with E-state index in [1.165, 1.54) is 19.3 Å². The van der Waals surface area contributed by atoms with Crippen molar-refractivity contribution < 1.29 is 9.59 Å². The first-order valence-electron chi connectivity index (χ1n) is 9.82. The van der Waals surface area contributed by atoms with Crippen LogP contribution in [0.2, 0.25) is 0 Å². The normalized spacial score (nSPS) is 15.5. The molecule has 0 aliphatic heterocycles. The van der Waals surface area contributed by atoms with Gasteiger partial charge in [-0.05, 0) is 43.5 Å². The van der Waals surface area contributed by atoms with E-state index in [9.17, 15) is 9.59 Å². The highest BCUT2D eigenvalue weighted by Gasteiger charge is 2.13. The van der Waals surface area contributed by atoms with Crippen molar-refractivity contribution in [3.05, 3.63) is 65.8 Å². The molecule has 1 heterocycles. The fraction of sp³-hybridized carbons (Fsp3) is 0.409. The number of amides is 1. The van der Waals surface area contributed by atoms with E-state index < -0.39 is 0 Å². The molecule has 5 heteroatoms. The lowest BCUT2D eigenvalue weighted by atomic mass is 9.96. The lowest BCUT2D eigenvalue weighted by molar-refractivity contribution is 0.0884. The molecule has 0 radical (unpaired) electrons.